The normalized spacial score (nSPS) is 18.3. The molecule has 1 atom stereocenters. The topological polar surface area (TPSA) is 40.9 Å². The number of fused-ring (bicyclic) bond motifs is 4. The summed E-state index contributed by atoms with van der Waals surface area (Å²) in [7, 11) is 0.0650. The van der Waals surface area contributed by atoms with Crippen molar-refractivity contribution in [3.8, 4) is 0 Å². The van der Waals surface area contributed by atoms with E-state index in [9.17, 15) is 4.79 Å². The Hall–Kier alpha value is -1.33. The number of carbonyl (C=O) groups excluding carboxylic acids is 1. The molecule has 0 aliphatic heterocycles. The second-order valence-electron chi connectivity index (χ2n) is 12.2. The number of ketones is 1. The fourth-order valence-corrected chi connectivity index (χ4v) is 7.53. The molecular formula is C39H34BI2NNaOZn. The molecule has 1 unspecified atom stereocenters. The maximum absolute atomic E-state index is 12.9. The first-order valence-corrected chi connectivity index (χ1v) is 33.1. The zero-order valence-corrected chi connectivity index (χ0v) is 36.1. The van der Waals surface area contributed by atoms with Gasteiger partial charge in [-0.15, -0.1) is 0 Å². The molecule has 0 spiro atoms. The summed E-state index contributed by atoms with van der Waals surface area (Å²) in [6, 6.07) is 34.3. The molecule has 0 N–H and O–H groups in total. The van der Waals surface area contributed by atoms with Gasteiger partial charge in [-0.25, -0.2) is 0 Å². The quantitative estimate of drug-likeness (QED) is 0.124. The van der Waals surface area contributed by atoms with Crippen LogP contribution in [-0.2, 0) is 42.2 Å². The fourth-order valence-electron chi connectivity index (χ4n) is 7.53. The van der Waals surface area contributed by atoms with E-state index in [2.05, 4.69) is 144 Å². The second kappa shape index (κ2) is 17.4. The molecule has 0 aromatic heterocycles. The van der Waals surface area contributed by atoms with Crippen molar-refractivity contribution in [2.45, 2.75) is 46.0 Å². The summed E-state index contributed by atoms with van der Waals surface area (Å²) in [5.74, 6) is 0.274. The number of hydrogen-bond donors (Lipinski definition) is 0. The maximum Gasteiger partial charge on any atom is 1.00 e. The van der Waals surface area contributed by atoms with Crippen LogP contribution < -0.4 is 29.6 Å². The van der Waals surface area contributed by atoms with E-state index in [1.807, 2.05) is 18.2 Å². The Balaban J connectivity index is 0.000000212. The number of halogens is 2. The molecule has 0 bridgehead atoms. The number of allylic oxidation sites excluding steroid dienone is 4. The van der Waals surface area contributed by atoms with E-state index in [4.69, 9.17) is 11.8 Å². The van der Waals surface area contributed by atoms with Gasteiger partial charge in [-0.2, -0.15) is 0 Å². The van der Waals surface area contributed by atoms with Gasteiger partial charge >= 0.3 is 79.2 Å². The van der Waals surface area contributed by atoms with Gasteiger partial charge in [0.05, 0.1) is 5.41 Å². The zero-order chi connectivity index (χ0) is 31.3. The van der Waals surface area contributed by atoms with Gasteiger partial charge < -0.3 is 11.8 Å². The standard InChI is InChI=1S/C19H16O.C19H18.CN.B.2HI.Na.Zn/c1-19(12-14-7-3-5-9-16(14)18(19)20)17-11-10-13-6-2-4-8-15(13)17;1-19(12-15-7-2-3-8-16(15)13-19)18-11-10-14-6-4-5-9-17(14)18;1-2;;;;;/h2-9,11H,10,12H2,1H3;2-9,11H,10,12-13H2,1H3;;;2*1H;;/q;;-1;;;;+1;+2/p-2. The molecule has 0 saturated carbocycles. The molecule has 0 heterocycles. The zero-order valence-electron chi connectivity index (χ0n) is 26.8. The summed E-state index contributed by atoms with van der Waals surface area (Å²) < 4.78 is 0. The number of nitrogens with zero attached hydrogens (tertiary/aromatic N) is 1. The molecule has 221 valence electrons. The van der Waals surface area contributed by atoms with Gasteiger partial charge in [0.15, 0.2) is 5.78 Å². The third kappa shape index (κ3) is 7.77. The minimum atomic E-state index is -0.393. The van der Waals surface area contributed by atoms with Crippen LogP contribution in [0.1, 0.15) is 63.1 Å². The van der Waals surface area contributed by atoms with Crippen molar-refractivity contribution < 1.29 is 44.5 Å². The summed E-state index contributed by atoms with van der Waals surface area (Å²) in [6.07, 6.45) is 9.95. The van der Waals surface area contributed by atoms with Crippen LogP contribution in [0.25, 0.3) is 11.1 Å². The van der Waals surface area contributed by atoms with E-state index in [0.717, 1.165) is 24.8 Å². The largest absolute Gasteiger partial charge is 1.00 e. The van der Waals surface area contributed by atoms with Gasteiger partial charge in [-0.1, -0.05) is 116 Å². The first-order valence-electron chi connectivity index (χ1n) is 15.0. The molecule has 8 rings (SSSR count). The summed E-state index contributed by atoms with van der Waals surface area (Å²) in [5, 5.41) is 6.25. The minimum Gasteiger partial charge on any atom is 1.00 e. The maximum atomic E-state index is 12.9. The summed E-state index contributed by atoms with van der Waals surface area (Å²) in [4.78, 5) is 12.9. The van der Waals surface area contributed by atoms with Crippen molar-refractivity contribution in [3.05, 3.63) is 160 Å². The van der Waals surface area contributed by atoms with E-state index in [1.165, 1.54) is 57.4 Å². The number of Topliss-reactive ketones (excluding diaryl/α,β-unsaturated/α-hetero) is 1. The van der Waals surface area contributed by atoms with E-state index in [0.29, 0.717) is 0 Å². The molecule has 0 fully saturated rings. The Bertz CT molecular complexity index is 1760. The molecule has 46 heavy (non-hydrogen) atoms. The van der Waals surface area contributed by atoms with Gasteiger partial charge in [0, 0.05) is 19.4 Å². The Labute approximate surface area is 327 Å². The van der Waals surface area contributed by atoms with Crippen LogP contribution in [0.15, 0.2) is 109 Å². The van der Waals surface area contributed by atoms with Crippen LogP contribution in [0.2, 0.25) is 0 Å². The minimum absolute atomic E-state index is 0. The molecule has 4 aromatic rings. The van der Waals surface area contributed by atoms with E-state index in [-0.39, 0.29) is 59.3 Å². The third-order valence-corrected chi connectivity index (χ3v) is 9.50. The van der Waals surface area contributed by atoms with Crippen LogP contribution >= 0.6 is 39.5 Å². The molecule has 4 aliphatic carbocycles. The van der Waals surface area contributed by atoms with Crippen molar-refractivity contribution >= 4 is 64.8 Å². The Morgan fingerprint density at radius 2 is 0.978 bits per heavy atom. The summed E-state index contributed by atoms with van der Waals surface area (Å²) in [6.45, 7) is 9.28. The van der Waals surface area contributed by atoms with Gasteiger partial charge in [0.1, 0.15) is 0 Å². The van der Waals surface area contributed by atoms with E-state index >= 15 is 0 Å². The van der Waals surface area contributed by atoms with Crippen LogP contribution in [0.5, 0.6) is 0 Å². The van der Waals surface area contributed by atoms with Gasteiger partial charge in [-0.05, 0) is 89.1 Å². The number of benzene rings is 4. The molecule has 3 radical (unpaired) electrons. The van der Waals surface area contributed by atoms with Crippen molar-refractivity contribution in [2.75, 3.05) is 0 Å². The predicted molar refractivity (Wildman–Crippen MR) is 200 cm³/mol. The van der Waals surface area contributed by atoms with Gasteiger partial charge in [-0.3, -0.25) is 4.79 Å². The smallest absolute Gasteiger partial charge is 1.00 e. The fraction of sp³-hybridized carbons (Fsp3) is 0.231. The third-order valence-electron chi connectivity index (χ3n) is 9.50. The molecule has 7 heteroatoms. The van der Waals surface area contributed by atoms with Crippen molar-refractivity contribution in [1.82, 2.24) is 0 Å². The average molecular weight is 886 g/mol. The Morgan fingerprint density at radius 3 is 1.46 bits per heavy atom. The molecule has 2 nitrogen and oxygen atoms in total. The first kappa shape index (κ1) is 39.1. The van der Waals surface area contributed by atoms with E-state index in [1.54, 1.807) is 5.57 Å². The van der Waals surface area contributed by atoms with Gasteiger partial charge in [0.2, 0.25) is 0 Å². The predicted octanol–water partition coefficient (Wildman–Crippen LogP) is 6.99. The first-order chi connectivity index (χ1) is 21.4. The van der Waals surface area contributed by atoms with Crippen molar-refractivity contribution in [2.24, 2.45) is 10.8 Å². The van der Waals surface area contributed by atoms with Gasteiger partial charge in [0.25, 0.3) is 0 Å². The SMILES string of the molecule is CC1(C2=CCc3ccccc32)Cc2ccccc2C1.CC1(C2=CCc3ccccc32)Cc2ccccc2C1=O.[B].[C-]#N.[I][Zn][I].[Na+]. The molecule has 4 aromatic carbocycles. The van der Waals surface area contributed by atoms with E-state index < -0.39 is 5.41 Å². The Morgan fingerprint density at radius 1 is 0.609 bits per heavy atom. The van der Waals surface area contributed by atoms with Crippen LogP contribution in [0, 0.1) is 22.7 Å². The van der Waals surface area contributed by atoms with Crippen molar-refractivity contribution in [3.63, 3.8) is 0 Å². The number of carbonyl (C=O) groups is 1. The average Bonchev–Trinajstić information content (AvgIpc) is 3.82. The summed E-state index contributed by atoms with van der Waals surface area (Å²) >= 11 is 4.93. The molecular weight excluding hydrogens is 851 g/mol. The van der Waals surface area contributed by atoms with Crippen LogP contribution in [-0.4, -0.2) is 14.2 Å². The second-order valence-corrected chi connectivity index (χ2v) is 35.8. The summed E-state index contributed by atoms with van der Waals surface area (Å²) in [5.41, 5.74) is 13.4. The van der Waals surface area contributed by atoms with Crippen molar-refractivity contribution in [1.29, 1.82) is 5.26 Å². The molecule has 4 aliphatic rings. The number of hydrogen-bond acceptors (Lipinski definition) is 2. The monoisotopic (exact) mass is 884 g/mol. The van der Waals surface area contributed by atoms with Crippen LogP contribution in [0.4, 0.5) is 0 Å². The number of rotatable bonds is 2. The molecule has 0 amide bonds. The Kier molecular flexibility index (Phi) is 14.8. The molecule has 0 saturated heterocycles. The van der Waals surface area contributed by atoms with Crippen LogP contribution in [0.3, 0.4) is 0 Å².